The standard InChI is InChI=1S/C13H12FNO/c14-11-3-5-12(6-4-11)15-9-10-1-7-13(16)8-2-10/h1,3-9,11,16H,2H2/b10-9+,15-12?. The molecule has 0 aromatic carbocycles. The van der Waals surface area contributed by atoms with Crippen molar-refractivity contribution in [1.29, 1.82) is 0 Å². The monoisotopic (exact) mass is 217 g/mol. The van der Waals surface area contributed by atoms with Gasteiger partial charge >= 0.3 is 0 Å². The summed E-state index contributed by atoms with van der Waals surface area (Å²) in [5.41, 5.74) is 1.74. The van der Waals surface area contributed by atoms with Crippen LogP contribution in [0, 0.1) is 0 Å². The molecule has 0 saturated heterocycles. The van der Waals surface area contributed by atoms with Crippen LogP contribution in [-0.4, -0.2) is 17.0 Å². The van der Waals surface area contributed by atoms with Crippen molar-refractivity contribution >= 4 is 5.71 Å². The van der Waals surface area contributed by atoms with Gasteiger partial charge in [0.25, 0.3) is 0 Å². The van der Waals surface area contributed by atoms with Crippen LogP contribution < -0.4 is 0 Å². The predicted molar refractivity (Wildman–Crippen MR) is 63.2 cm³/mol. The van der Waals surface area contributed by atoms with E-state index in [1.54, 1.807) is 30.5 Å². The SMILES string of the molecule is OC1=CC/C(=C/N=C2C=CC(F)C=C2)C=C1. The van der Waals surface area contributed by atoms with E-state index < -0.39 is 6.17 Å². The number of aliphatic imine (C=N–C) groups is 1. The Hall–Kier alpha value is -1.90. The molecular formula is C13H12FNO. The van der Waals surface area contributed by atoms with E-state index >= 15 is 0 Å². The number of rotatable bonds is 1. The van der Waals surface area contributed by atoms with Crippen molar-refractivity contribution in [3.63, 3.8) is 0 Å². The molecule has 0 amide bonds. The van der Waals surface area contributed by atoms with Gasteiger partial charge in [0, 0.05) is 6.20 Å². The summed E-state index contributed by atoms with van der Waals surface area (Å²) in [7, 11) is 0. The predicted octanol–water partition coefficient (Wildman–Crippen LogP) is 3.18. The topological polar surface area (TPSA) is 32.6 Å². The Morgan fingerprint density at radius 1 is 1.25 bits per heavy atom. The Kier molecular flexibility index (Phi) is 3.15. The highest BCUT2D eigenvalue weighted by molar-refractivity contribution is 6.05. The van der Waals surface area contributed by atoms with Crippen LogP contribution in [0.4, 0.5) is 4.39 Å². The van der Waals surface area contributed by atoms with Crippen LogP contribution in [0.25, 0.3) is 0 Å². The summed E-state index contributed by atoms with van der Waals surface area (Å²) in [6.45, 7) is 0. The number of hydrogen-bond donors (Lipinski definition) is 1. The van der Waals surface area contributed by atoms with Crippen molar-refractivity contribution in [2.75, 3.05) is 0 Å². The molecule has 16 heavy (non-hydrogen) atoms. The highest BCUT2D eigenvalue weighted by Gasteiger charge is 2.02. The van der Waals surface area contributed by atoms with Gasteiger partial charge in [0.15, 0.2) is 0 Å². The minimum absolute atomic E-state index is 0.280. The molecule has 0 atom stereocenters. The van der Waals surface area contributed by atoms with E-state index in [2.05, 4.69) is 4.99 Å². The second kappa shape index (κ2) is 4.75. The Labute approximate surface area is 93.5 Å². The fraction of sp³-hybridized carbons (Fsp3) is 0.154. The van der Waals surface area contributed by atoms with Crippen LogP contribution in [0.3, 0.4) is 0 Å². The molecule has 0 aromatic heterocycles. The van der Waals surface area contributed by atoms with Gasteiger partial charge in [-0.25, -0.2) is 4.39 Å². The van der Waals surface area contributed by atoms with E-state index in [0.29, 0.717) is 6.42 Å². The molecule has 0 saturated carbocycles. The fourth-order valence-electron chi connectivity index (χ4n) is 1.39. The quantitative estimate of drug-likeness (QED) is 0.718. The maximum absolute atomic E-state index is 12.7. The number of aliphatic hydroxyl groups excluding tert-OH is 1. The minimum atomic E-state index is -0.999. The molecule has 2 nitrogen and oxygen atoms in total. The first-order valence-electron chi connectivity index (χ1n) is 5.08. The average molecular weight is 217 g/mol. The van der Waals surface area contributed by atoms with Crippen LogP contribution in [0.5, 0.6) is 0 Å². The largest absolute Gasteiger partial charge is 0.508 e. The van der Waals surface area contributed by atoms with Gasteiger partial charge in [-0.1, -0.05) is 6.08 Å². The second-order valence-corrected chi connectivity index (χ2v) is 3.59. The van der Waals surface area contributed by atoms with Gasteiger partial charge in [-0.3, -0.25) is 4.99 Å². The number of halogens is 1. The van der Waals surface area contributed by atoms with Gasteiger partial charge in [0.05, 0.1) is 5.71 Å². The van der Waals surface area contributed by atoms with E-state index in [4.69, 9.17) is 5.11 Å². The molecule has 0 heterocycles. The third kappa shape index (κ3) is 2.79. The van der Waals surface area contributed by atoms with E-state index in [0.717, 1.165) is 11.3 Å². The third-order valence-electron chi connectivity index (χ3n) is 2.30. The van der Waals surface area contributed by atoms with E-state index in [1.165, 1.54) is 12.2 Å². The lowest BCUT2D eigenvalue weighted by Crippen LogP contribution is -1.99. The zero-order valence-electron chi connectivity index (χ0n) is 8.68. The van der Waals surface area contributed by atoms with Crippen molar-refractivity contribution in [3.05, 3.63) is 60.1 Å². The molecule has 2 aliphatic carbocycles. The van der Waals surface area contributed by atoms with Gasteiger partial charge < -0.3 is 5.11 Å². The van der Waals surface area contributed by atoms with Gasteiger partial charge in [0.2, 0.25) is 0 Å². The molecule has 0 spiro atoms. The highest BCUT2D eigenvalue weighted by Crippen LogP contribution is 2.14. The molecule has 0 fully saturated rings. The third-order valence-corrected chi connectivity index (χ3v) is 2.30. The Morgan fingerprint density at radius 3 is 2.62 bits per heavy atom. The second-order valence-electron chi connectivity index (χ2n) is 3.59. The van der Waals surface area contributed by atoms with Crippen LogP contribution in [0.15, 0.2) is 65.1 Å². The number of alkyl halides is 1. The molecule has 3 heteroatoms. The van der Waals surface area contributed by atoms with Crippen LogP contribution in [0.2, 0.25) is 0 Å². The molecule has 0 aromatic rings. The fourth-order valence-corrected chi connectivity index (χ4v) is 1.39. The van der Waals surface area contributed by atoms with Crippen molar-refractivity contribution in [2.24, 2.45) is 4.99 Å². The van der Waals surface area contributed by atoms with Gasteiger partial charge in [-0.2, -0.15) is 0 Å². The number of allylic oxidation sites excluding steroid dienone is 8. The zero-order valence-corrected chi connectivity index (χ0v) is 8.68. The molecule has 2 aliphatic rings. The van der Waals surface area contributed by atoms with E-state index in [9.17, 15) is 4.39 Å². The summed E-state index contributed by atoms with van der Waals surface area (Å²) in [5.74, 6) is 0.280. The molecular weight excluding hydrogens is 205 g/mol. The van der Waals surface area contributed by atoms with Gasteiger partial charge in [-0.15, -0.1) is 0 Å². The molecule has 0 bridgehead atoms. The molecule has 0 aliphatic heterocycles. The number of nitrogens with zero attached hydrogens (tertiary/aromatic N) is 1. The average Bonchev–Trinajstić information content (AvgIpc) is 2.30. The summed E-state index contributed by atoms with van der Waals surface area (Å²) in [6, 6.07) is 0. The van der Waals surface area contributed by atoms with Crippen LogP contribution in [0.1, 0.15) is 6.42 Å². The van der Waals surface area contributed by atoms with Crippen LogP contribution in [-0.2, 0) is 0 Å². The summed E-state index contributed by atoms with van der Waals surface area (Å²) < 4.78 is 12.7. The lowest BCUT2D eigenvalue weighted by molar-refractivity contribution is 0.429. The summed E-state index contributed by atoms with van der Waals surface area (Å²) in [5, 5.41) is 9.12. The Morgan fingerprint density at radius 2 is 2.00 bits per heavy atom. The van der Waals surface area contributed by atoms with Crippen LogP contribution >= 0.6 is 0 Å². The first kappa shape index (κ1) is 10.6. The van der Waals surface area contributed by atoms with Crippen molar-refractivity contribution in [2.45, 2.75) is 12.6 Å². The maximum atomic E-state index is 12.7. The summed E-state index contributed by atoms with van der Waals surface area (Å²) in [6.07, 6.45) is 12.8. The summed E-state index contributed by atoms with van der Waals surface area (Å²) in [4.78, 5) is 4.22. The lowest BCUT2D eigenvalue weighted by atomic mass is 10.1. The smallest absolute Gasteiger partial charge is 0.137 e. The minimum Gasteiger partial charge on any atom is -0.508 e. The van der Waals surface area contributed by atoms with Crippen molar-refractivity contribution < 1.29 is 9.50 Å². The Bertz CT molecular complexity index is 437. The van der Waals surface area contributed by atoms with E-state index in [1.807, 2.05) is 6.08 Å². The molecule has 2 rings (SSSR count). The zero-order chi connectivity index (χ0) is 11.4. The lowest BCUT2D eigenvalue weighted by Gasteiger charge is -2.04. The highest BCUT2D eigenvalue weighted by atomic mass is 19.1. The Balaban J connectivity index is 2.05. The maximum Gasteiger partial charge on any atom is 0.137 e. The first-order chi connectivity index (χ1) is 7.74. The van der Waals surface area contributed by atoms with Crippen molar-refractivity contribution in [1.82, 2.24) is 0 Å². The number of hydrogen-bond acceptors (Lipinski definition) is 2. The molecule has 82 valence electrons. The molecule has 0 unspecified atom stereocenters. The van der Waals surface area contributed by atoms with Crippen molar-refractivity contribution in [3.8, 4) is 0 Å². The first-order valence-corrected chi connectivity index (χ1v) is 5.08. The number of aliphatic hydroxyl groups is 1. The molecule has 0 radical (unpaired) electrons. The van der Waals surface area contributed by atoms with E-state index in [-0.39, 0.29) is 5.76 Å². The van der Waals surface area contributed by atoms with Gasteiger partial charge in [0.1, 0.15) is 11.9 Å². The van der Waals surface area contributed by atoms with Gasteiger partial charge in [-0.05, 0) is 48.5 Å². The normalized spacial score (nSPS) is 26.1. The summed E-state index contributed by atoms with van der Waals surface area (Å²) >= 11 is 0. The molecule has 1 N–H and O–H groups in total.